The van der Waals surface area contributed by atoms with Crippen LogP contribution in [0.4, 0.5) is 14.7 Å². The van der Waals surface area contributed by atoms with E-state index in [1.54, 1.807) is 0 Å². The minimum absolute atomic E-state index is 0.0171. The van der Waals surface area contributed by atoms with Gasteiger partial charge in [-0.05, 0) is 11.1 Å². The minimum Gasteiger partial charge on any atom is -0.415 e. The zero-order valence-corrected chi connectivity index (χ0v) is 11.9. The van der Waals surface area contributed by atoms with Gasteiger partial charge in [-0.1, -0.05) is 24.3 Å². The summed E-state index contributed by atoms with van der Waals surface area (Å²) < 4.78 is 29.8. The molecule has 6 nitrogen and oxygen atoms in total. The molecule has 23 heavy (non-hydrogen) atoms. The Morgan fingerprint density at radius 1 is 1.00 bits per heavy atom. The van der Waals surface area contributed by atoms with E-state index in [0.717, 1.165) is 13.1 Å². The highest BCUT2D eigenvalue weighted by Gasteiger charge is 2.21. The standard InChI is InChI=1S/C15H11F2N5O/c16-12(17)14-21-20-13(23-14)11-5-18-15(19-6-11)22-7-9-3-1-2-4-10(9)8-22/h1-6,12H,7-8H2. The first-order chi connectivity index (χ1) is 11.2. The third-order valence-corrected chi connectivity index (χ3v) is 3.64. The van der Waals surface area contributed by atoms with Gasteiger partial charge < -0.3 is 9.32 Å². The van der Waals surface area contributed by atoms with E-state index in [-0.39, 0.29) is 5.89 Å². The number of halogens is 2. The van der Waals surface area contributed by atoms with Crippen LogP contribution in [0.5, 0.6) is 0 Å². The van der Waals surface area contributed by atoms with Crippen LogP contribution in [0.25, 0.3) is 11.5 Å². The van der Waals surface area contributed by atoms with Crippen molar-refractivity contribution < 1.29 is 13.2 Å². The first-order valence-corrected chi connectivity index (χ1v) is 6.96. The molecule has 0 bridgehead atoms. The highest BCUT2D eigenvalue weighted by molar-refractivity contribution is 5.51. The number of nitrogens with zero attached hydrogens (tertiary/aromatic N) is 5. The van der Waals surface area contributed by atoms with Gasteiger partial charge >= 0.3 is 6.43 Å². The average molecular weight is 315 g/mol. The monoisotopic (exact) mass is 315 g/mol. The molecular weight excluding hydrogens is 304 g/mol. The van der Waals surface area contributed by atoms with Gasteiger partial charge in [0.2, 0.25) is 5.95 Å². The second-order valence-corrected chi connectivity index (χ2v) is 5.14. The van der Waals surface area contributed by atoms with Crippen LogP contribution in [-0.2, 0) is 13.1 Å². The molecule has 0 radical (unpaired) electrons. The number of hydrogen-bond donors (Lipinski definition) is 0. The highest BCUT2D eigenvalue weighted by Crippen LogP contribution is 2.27. The van der Waals surface area contributed by atoms with Crippen molar-refractivity contribution in [3.63, 3.8) is 0 Å². The van der Waals surface area contributed by atoms with Crippen molar-refractivity contribution in [3.05, 3.63) is 53.7 Å². The minimum atomic E-state index is -2.79. The van der Waals surface area contributed by atoms with E-state index in [0.29, 0.717) is 11.5 Å². The van der Waals surface area contributed by atoms with Crippen molar-refractivity contribution >= 4 is 5.95 Å². The quantitative estimate of drug-likeness (QED) is 0.740. The number of rotatable bonds is 3. The number of alkyl halides is 2. The van der Waals surface area contributed by atoms with E-state index >= 15 is 0 Å². The topological polar surface area (TPSA) is 67.9 Å². The van der Waals surface area contributed by atoms with Gasteiger partial charge in [0.25, 0.3) is 11.8 Å². The number of anilines is 1. The molecular formula is C15H11F2N5O. The molecule has 3 heterocycles. The van der Waals surface area contributed by atoms with E-state index < -0.39 is 12.3 Å². The molecule has 1 aliphatic rings. The Bertz CT molecular complexity index is 809. The molecule has 0 spiro atoms. The zero-order chi connectivity index (χ0) is 15.8. The average Bonchev–Trinajstić information content (AvgIpc) is 3.22. The molecule has 1 aromatic carbocycles. The lowest BCUT2D eigenvalue weighted by atomic mass is 10.1. The van der Waals surface area contributed by atoms with E-state index in [1.807, 2.05) is 17.0 Å². The third-order valence-electron chi connectivity index (χ3n) is 3.64. The lowest BCUT2D eigenvalue weighted by Crippen LogP contribution is -2.17. The Morgan fingerprint density at radius 2 is 1.65 bits per heavy atom. The lowest BCUT2D eigenvalue weighted by Gasteiger charge is -2.14. The van der Waals surface area contributed by atoms with Gasteiger partial charge in [0.15, 0.2) is 0 Å². The molecule has 0 unspecified atom stereocenters. The molecule has 1 aliphatic heterocycles. The highest BCUT2D eigenvalue weighted by atomic mass is 19.3. The Kier molecular flexibility index (Phi) is 3.22. The maximum Gasteiger partial charge on any atom is 0.314 e. The fraction of sp³-hybridized carbons (Fsp3) is 0.200. The third kappa shape index (κ3) is 2.52. The van der Waals surface area contributed by atoms with Gasteiger partial charge in [-0.15, -0.1) is 10.2 Å². The Hall–Kier alpha value is -2.90. The summed E-state index contributed by atoms with van der Waals surface area (Å²) in [6, 6.07) is 8.16. The molecule has 0 saturated heterocycles. The first-order valence-electron chi connectivity index (χ1n) is 6.96. The number of aromatic nitrogens is 4. The predicted octanol–water partition coefficient (Wildman–Crippen LogP) is 2.98. The van der Waals surface area contributed by atoms with Crippen molar-refractivity contribution in [3.8, 4) is 11.5 Å². The van der Waals surface area contributed by atoms with Crippen LogP contribution in [0, 0.1) is 0 Å². The summed E-state index contributed by atoms with van der Waals surface area (Å²) in [7, 11) is 0. The van der Waals surface area contributed by atoms with Gasteiger partial charge in [-0.25, -0.2) is 9.97 Å². The van der Waals surface area contributed by atoms with Crippen molar-refractivity contribution in [2.75, 3.05) is 4.90 Å². The maximum absolute atomic E-state index is 12.5. The Balaban J connectivity index is 1.55. The molecule has 4 rings (SSSR count). The molecule has 8 heteroatoms. The molecule has 0 saturated carbocycles. The van der Waals surface area contributed by atoms with E-state index in [2.05, 4.69) is 32.3 Å². The summed E-state index contributed by atoms with van der Waals surface area (Å²) in [5.41, 5.74) is 2.90. The summed E-state index contributed by atoms with van der Waals surface area (Å²) in [5.74, 6) is -0.158. The van der Waals surface area contributed by atoms with Crippen molar-refractivity contribution in [2.45, 2.75) is 19.5 Å². The molecule has 0 amide bonds. The summed E-state index contributed by atoms with van der Waals surface area (Å²) in [6.45, 7) is 1.48. The summed E-state index contributed by atoms with van der Waals surface area (Å²) in [6.07, 6.45) is 0.196. The van der Waals surface area contributed by atoms with Crippen LogP contribution < -0.4 is 4.90 Å². The van der Waals surface area contributed by atoms with Gasteiger partial charge in [0.05, 0.1) is 5.56 Å². The second kappa shape index (κ2) is 5.38. The second-order valence-electron chi connectivity index (χ2n) is 5.14. The predicted molar refractivity (Wildman–Crippen MR) is 76.6 cm³/mol. The molecule has 2 aromatic heterocycles. The summed E-state index contributed by atoms with van der Waals surface area (Å²) in [4.78, 5) is 10.6. The normalized spacial score (nSPS) is 13.6. The SMILES string of the molecule is FC(F)c1nnc(-c2cnc(N3Cc4ccccc4C3)nc2)o1. The van der Waals surface area contributed by atoms with Crippen molar-refractivity contribution in [1.82, 2.24) is 20.2 Å². The lowest BCUT2D eigenvalue weighted by molar-refractivity contribution is 0.116. The van der Waals surface area contributed by atoms with Crippen LogP contribution in [0.2, 0.25) is 0 Å². The van der Waals surface area contributed by atoms with E-state index in [1.165, 1.54) is 23.5 Å². The van der Waals surface area contributed by atoms with Crippen molar-refractivity contribution in [2.24, 2.45) is 0 Å². The van der Waals surface area contributed by atoms with Crippen LogP contribution in [0.15, 0.2) is 41.1 Å². The molecule has 0 fully saturated rings. The van der Waals surface area contributed by atoms with Gasteiger partial charge in [-0.2, -0.15) is 8.78 Å². The zero-order valence-electron chi connectivity index (χ0n) is 11.9. The van der Waals surface area contributed by atoms with Crippen LogP contribution in [0.1, 0.15) is 23.4 Å². The summed E-state index contributed by atoms with van der Waals surface area (Å²) in [5, 5.41) is 6.86. The summed E-state index contributed by atoms with van der Waals surface area (Å²) >= 11 is 0. The Morgan fingerprint density at radius 3 is 2.22 bits per heavy atom. The van der Waals surface area contributed by atoms with Gasteiger partial charge in [-0.3, -0.25) is 0 Å². The maximum atomic E-state index is 12.5. The van der Waals surface area contributed by atoms with Crippen LogP contribution >= 0.6 is 0 Å². The van der Waals surface area contributed by atoms with Gasteiger partial charge in [0, 0.05) is 25.5 Å². The smallest absolute Gasteiger partial charge is 0.314 e. The molecule has 0 atom stereocenters. The first kappa shape index (κ1) is 13.7. The largest absolute Gasteiger partial charge is 0.415 e. The van der Waals surface area contributed by atoms with Gasteiger partial charge in [0.1, 0.15) is 0 Å². The number of fused-ring (bicyclic) bond motifs is 1. The van der Waals surface area contributed by atoms with E-state index in [9.17, 15) is 8.78 Å². The molecule has 0 aliphatic carbocycles. The fourth-order valence-corrected chi connectivity index (χ4v) is 2.51. The Labute approximate surface area is 129 Å². The van der Waals surface area contributed by atoms with Crippen LogP contribution in [0.3, 0.4) is 0 Å². The number of benzene rings is 1. The fourth-order valence-electron chi connectivity index (χ4n) is 2.51. The molecule has 0 N–H and O–H groups in total. The molecule has 116 valence electrons. The van der Waals surface area contributed by atoms with Crippen LogP contribution in [-0.4, -0.2) is 20.2 Å². The van der Waals surface area contributed by atoms with Crippen molar-refractivity contribution in [1.29, 1.82) is 0 Å². The molecule has 3 aromatic rings. The van der Waals surface area contributed by atoms with E-state index in [4.69, 9.17) is 4.42 Å². The number of hydrogen-bond acceptors (Lipinski definition) is 6.